The van der Waals surface area contributed by atoms with Crippen molar-refractivity contribution >= 4 is 0 Å². The van der Waals surface area contributed by atoms with E-state index in [1.54, 1.807) is 4.68 Å². The maximum absolute atomic E-state index is 4.12. The van der Waals surface area contributed by atoms with E-state index in [0.29, 0.717) is 0 Å². The van der Waals surface area contributed by atoms with Crippen LogP contribution in [0.2, 0.25) is 0 Å². The van der Waals surface area contributed by atoms with Gasteiger partial charge in [0.15, 0.2) is 5.82 Å². The molecule has 3 aromatic rings. The summed E-state index contributed by atoms with van der Waals surface area (Å²) >= 11 is 0. The van der Waals surface area contributed by atoms with Crippen LogP contribution in [0.4, 0.5) is 0 Å². The molecule has 0 aliphatic heterocycles. The quantitative estimate of drug-likeness (QED) is 0.702. The summed E-state index contributed by atoms with van der Waals surface area (Å²) in [6.45, 7) is 4.14. The minimum atomic E-state index is 0.755. The van der Waals surface area contributed by atoms with Crippen molar-refractivity contribution in [3.8, 4) is 17.1 Å². The van der Waals surface area contributed by atoms with Gasteiger partial charge in [-0.1, -0.05) is 36.4 Å². The number of aryl methyl sites for hydroxylation is 2. The van der Waals surface area contributed by atoms with Crippen molar-refractivity contribution in [1.29, 1.82) is 0 Å². The zero-order valence-electron chi connectivity index (χ0n) is 10.9. The Labute approximate surface area is 111 Å². The Kier molecular flexibility index (Phi) is 2.83. The minimum Gasteiger partial charge on any atom is -0.193 e. The molecule has 0 atom stereocenters. The van der Waals surface area contributed by atoms with Crippen LogP contribution in [-0.4, -0.2) is 20.2 Å². The van der Waals surface area contributed by atoms with Crippen LogP contribution in [0.5, 0.6) is 0 Å². The van der Waals surface area contributed by atoms with Gasteiger partial charge in [-0.3, -0.25) is 0 Å². The normalized spacial score (nSPS) is 10.6. The van der Waals surface area contributed by atoms with E-state index in [9.17, 15) is 0 Å². The van der Waals surface area contributed by atoms with Gasteiger partial charge < -0.3 is 0 Å². The van der Waals surface area contributed by atoms with Crippen molar-refractivity contribution in [3.05, 3.63) is 59.7 Å². The molecule has 2 aromatic carbocycles. The molecule has 0 bridgehead atoms. The Balaban J connectivity index is 2.15. The first-order valence-corrected chi connectivity index (χ1v) is 6.16. The molecule has 0 saturated heterocycles. The van der Waals surface area contributed by atoms with E-state index in [-0.39, 0.29) is 0 Å². The van der Waals surface area contributed by atoms with E-state index >= 15 is 0 Å². The summed E-state index contributed by atoms with van der Waals surface area (Å²) in [6, 6.07) is 16.2. The highest BCUT2D eigenvalue weighted by atomic mass is 15.5. The summed E-state index contributed by atoms with van der Waals surface area (Å²) < 4.78 is 1.77. The summed E-state index contributed by atoms with van der Waals surface area (Å²) in [7, 11) is 0. The molecular formula is C15H14N4. The van der Waals surface area contributed by atoms with E-state index in [2.05, 4.69) is 47.6 Å². The summed E-state index contributed by atoms with van der Waals surface area (Å²) in [5.74, 6) is 0.755. The smallest absolute Gasteiger partial charge is 0.187 e. The molecule has 3 rings (SSSR count). The molecule has 0 unspecified atom stereocenters. The van der Waals surface area contributed by atoms with Crippen LogP contribution in [0, 0.1) is 13.8 Å². The number of tetrazole rings is 1. The first-order chi connectivity index (χ1) is 9.24. The Bertz CT molecular complexity index is 681. The highest BCUT2D eigenvalue weighted by Crippen LogP contribution is 2.20. The molecule has 0 aliphatic carbocycles. The minimum absolute atomic E-state index is 0.755. The second-order valence-electron chi connectivity index (χ2n) is 4.63. The van der Waals surface area contributed by atoms with Crippen LogP contribution in [-0.2, 0) is 0 Å². The second kappa shape index (κ2) is 4.65. The highest BCUT2D eigenvalue weighted by molar-refractivity contribution is 5.57. The fraction of sp³-hybridized carbons (Fsp3) is 0.133. The van der Waals surface area contributed by atoms with Crippen molar-refractivity contribution in [2.24, 2.45) is 0 Å². The van der Waals surface area contributed by atoms with E-state index < -0.39 is 0 Å². The van der Waals surface area contributed by atoms with Gasteiger partial charge in [-0.05, 0) is 47.5 Å². The Morgan fingerprint density at radius 3 is 2.26 bits per heavy atom. The molecule has 0 aliphatic rings. The van der Waals surface area contributed by atoms with Crippen molar-refractivity contribution in [2.75, 3.05) is 0 Å². The summed E-state index contributed by atoms with van der Waals surface area (Å²) in [4.78, 5) is 0. The molecule has 19 heavy (non-hydrogen) atoms. The Morgan fingerprint density at radius 2 is 1.58 bits per heavy atom. The molecule has 0 spiro atoms. The molecule has 0 N–H and O–H groups in total. The van der Waals surface area contributed by atoms with Crippen molar-refractivity contribution < 1.29 is 0 Å². The summed E-state index contributed by atoms with van der Waals surface area (Å²) in [5.41, 5.74) is 4.39. The number of hydrogen-bond acceptors (Lipinski definition) is 3. The van der Waals surface area contributed by atoms with Crippen LogP contribution in [0.25, 0.3) is 17.1 Å². The van der Waals surface area contributed by atoms with Gasteiger partial charge in [-0.25, -0.2) is 0 Å². The lowest BCUT2D eigenvalue weighted by Gasteiger charge is -2.07. The van der Waals surface area contributed by atoms with Crippen molar-refractivity contribution in [1.82, 2.24) is 20.2 Å². The predicted octanol–water partition coefficient (Wildman–Crippen LogP) is 2.95. The van der Waals surface area contributed by atoms with Gasteiger partial charge in [0.2, 0.25) is 0 Å². The fourth-order valence-electron chi connectivity index (χ4n) is 2.20. The number of benzene rings is 2. The summed E-state index contributed by atoms with van der Waals surface area (Å²) in [6.07, 6.45) is 0. The third kappa shape index (κ3) is 2.25. The van der Waals surface area contributed by atoms with Gasteiger partial charge in [0.25, 0.3) is 0 Å². The van der Waals surface area contributed by atoms with Crippen LogP contribution in [0.3, 0.4) is 0 Å². The molecule has 0 saturated carbocycles. The Hall–Kier alpha value is -2.49. The third-order valence-corrected chi connectivity index (χ3v) is 2.95. The average molecular weight is 250 g/mol. The first-order valence-electron chi connectivity index (χ1n) is 6.16. The van der Waals surface area contributed by atoms with Crippen LogP contribution >= 0.6 is 0 Å². The van der Waals surface area contributed by atoms with Gasteiger partial charge in [0.05, 0.1) is 5.69 Å². The number of hydrogen-bond donors (Lipinski definition) is 0. The zero-order valence-corrected chi connectivity index (χ0v) is 10.9. The first kappa shape index (κ1) is 11.6. The SMILES string of the molecule is Cc1cc(C)cc(-n2nnnc2-c2ccccc2)c1. The number of aromatic nitrogens is 4. The van der Waals surface area contributed by atoms with E-state index in [0.717, 1.165) is 17.1 Å². The van der Waals surface area contributed by atoms with Crippen molar-refractivity contribution in [2.45, 2.75) is 13.8 Å². The molecule has 1 heterocycles. The Morgan fingerprint density at radius 1 is 0.895 bits per heavy atom. The van der Waals surface area contributed by atoms with E-state index in [4.69, 9.17) is 0 Å². The van der Waals surface area contributed by atoms with Gasteiger partial charge >= 0.3 is 0 Å². The highest BCUT2D eigenvalue weighted by Gasteiger charge is 2.10. The standard InChI is InChI=1S/C15H14N4/c1-11-8-12(2)10-14(9-11)19-15(16-17-18-19)13-6-4-3-5-7-13/h3-10H,1-2H3. The largest absolute Gasteiger partial charge is 0.193 e. The average Bonchev–Trinajstić information content (AvgIpc) is 2.88. The maximum Gasteiger partial charge on any atom is 0.187 e. The topological polar surface area (TPSA) is 43.6 Å². The third-order valence-electron chi connectivity index (χ3n) is 2.95. The second-order valence-corrected chi connectivity index (χ2v) is 4.63. The molecule has 4 nitrogen and oxygen atoms in total. The molecule has 4 heteroatoms. The molecule has 0 fully saturated rings. The van der Waals surface area contributed by atoms with Crippen molar-refractivity contribution in [3.63, 3.8) is 0 Å². The van der Waals surface area contributed by atoms with Gasteiger partial charge in [-0.15, -0.1) is 5.10 Å². The lowest BCUT2D eigenvalue weighted by atomic mass is 10.1. The predicted molar refractivity (Wildman–Crippen MR) is 74.1 cm³/mol. The summed E-state index contributed by atoms with van der Waals surface area (Å²) in [5, 5.41) is 12.0. The zero-order chi connectivity index (χ0) is 13.2. The monoisotopic (exact) mass is 250 g/mol. The number of rotatable bonds is 2. The van der Waals surface area contributed by atoms with Crippen LogP contribution in [0.15, 0.2) is 48.5 Å². The molecular weight excluding hydrogens is 236 g/mol. The fourth-order valence-corrected chi connectivity index (χ4v) is 2.20. The maximum atomic E-state index is 4.12. The van der Waals surface area contributed by atoms with E-state index in [1.165, 1.54) is 11.1 Å². The van der Waals surface area contributed by atoms with Crippen LogP contribution < -0.4 is 0 Å². The van der Waals surface area contributed by atoms with Gasteiger partial charge in [-0.2, -0.15) is 4.68 Å². The molecule has 1 aromatic heterocycles. The molecule has 0 radical (unpaired) electrons. The lowest BCUT2D eigenvalue weighted by molar-refractivity contribution is 0.790. The van der Waals surface area contributed by atoms with E-state index in [1.807, 2.05) is 30.3 Å². The van der Waals surface area contributed by atoms with Gasteiger partial charge in [0, 0.05) is 5.56 Å². The number of nitrogens with zero attached hydrogens (tertiary/aromatic N) is 4. The van der Waals surface area contributed by atoms with Gasteiger partial charge in [0.1, 0.15) is 0 Å². The molecule has 0 amide bonds. The molecule has 94 valence electrons. The van der Waals surface area contributed by atoms with Crippen LogP contribution in [0.1, 0.15) is 11.1 Å². The lowest BCUT2D eigenvalue weighted by Crippen LogP contribution is -2.00.